The van der Waals surface area contributed by atoms with Crippen molar-refractivity contribution in [1.82, 2.24) is 4.90 Å². The summed E-state index contributed by atoms with van der Waals surface area (Å²) in [5.41, 5.74) is 1.52. The van der Waals surface area contributed by atoms with Gasteiger partial charge in [0.25, 0.3) is 0 Å². The van der Waals surface area contributed by atoms with E-state index in [0.29, 0.717) is 18.7 Å². The van der Waals surface area contributed by atoms with E-state index in [9.17, 15) is 14.0 Å². The summed E-state index contributed by atoms with van der Waals surface area (Å²) in [5, 5.41) is 8.78. The molecular formula is C15H19FN2O3. The van der Waals surface area contributed by atoms with E-state index in [-0.39, 0.29) is 30.9 Å². The minimum Gasteiger partial charge on any atom is -0.481 e. The van der Waals surface area contributed by atoms with Gasteiger partial charge in [0.15, 0.2) is 0 Å². The molecule has 1 aliphatic rings. The molecule has 1 heterocycles. The number of hydrogen-bond donors (Lipinski definition) is 1. The van der Waals surface area contributed by atoms with Gasteiger partial charge >= 0.3 is 12.0 Å². The van der Waals surface area contributed by atoms with Crippen molar-refractivity contribution in [1.29, 1.82) is 0 Å². The number of nitrogens with zero attached hydrogens (tertiary/aromatic N) is 2. The van der Waals surface area contributed by atoms with Crippen LogP contribution in [-0.2, 0) is 11.2 Å². The Morgan fingerprint density at radius 2 is 2.14 bits per heavy atom. The Morgan fingerprint density at radius 1 is 1.43 bits per heavy atom. The second-order valence-corrected chi connectivity index (χ2v) is 5.39. The van der Waals surface area contributed by atoms with Crippen molar-refractivity contribution in [3.8, 4) is 0 Å². The zero-order valence-electron chi connectivity index (χ0n) is 12.2. The molecule has 0 radical (unpaired) electrons. The molecule has 5 nitrogen and oxygen atoms in total. The highest BCUT2D eigenvalue weighted by Crippen LogP contribution is 2.29. The van der Waals surface area contributed by atoms with Gasteiger partial charge < -0.3 is 10.0 Å². The van der Waals surface area contributed by atoms with Crippen LogP contribution >= 0.6 is 0 Å². The van der Waals surface area contributed by atoms with Crippen LogP contribution in [0.5, 0.6) is 0 Å². The molecule has 0 spiro atoms. The largest absolute Gasteiger partial charge is 0.481 e. The highest BCUT2D eigenvalue weighted by molar-refractivity contribution is 5.94. The minimum absolute atomic E-state index is 0.103. The number of benzene rings is 1. The summed E-state index contributed by atoms with van der Waals surface area (Å²) in [6.07, 6.45) is 0.583. The highest BCUT2D eigenvalue weighted by Gasteiger charge is 2.30. The summed E-state index contributed by atoms with van der Waals surface area (Å²) in [4.78, 5) is 26.4. The first-order valence-electron chi connectivity index (χ1n) is 6.98. The van der Waals surface area contributed by atoms with Crippen molar-refractivity contribution in [2.45, 2.75) is 32.7 Å². The van der Waals surface area contributed by atoms with E-state index < -0.39 is 5.97 Å². The number of halogens is 1. The van der Waals surface area contributed by atoms with Crippen LogP contribution < -0.4 is 4.90 Å². The molecule has 0 atom stereocenters. The van der Waals surface area contributed by atoms with Gasteiger partial charge in [0.1, 0.15) is 5.82 Å². The van der Waals surface area contributed by atoms with E-state index in [1.165, 1.54) is 21.9 Å². The Kier molecular flexibility index (Phi) is 4.45. The number of carboxylic acids is 1. The fourth-order valence-electron chi connectivity index (χ4n) is 2.50. The van der Waals surface area contributed by atoms with Gasteiger partial charge in [-0.2, -0.15) is 0 Å². The summed E-state index contributed by atoms with van der Waals surface area (Å²) in [6.45, 7) is 4.31. The molecule has 114 valence electrons. The Morgan fingerprint density at radius 3 is 2.76 bits per heavy atom. The molecule has 1 aromatic carbocycles. The van der Waals surface area contributed by atoms with Crippen LogP contribution in [0.4, 0.5) is 14.9 Å². The lowest BCUT2D eigenvalue weighted by molar-refractivity contribution is -0.137. The van der Waals surface area contributed by atoms with Gasteiger partial charge in [-0.15, -0.1) is 0 Å². The van der Waals surface area contributed by atoms with Gasteiger partial charge in [-0.1, -0.05) is 6.07 Å². The molecule has 2 amide bonds. The summed E-state index contributed by atoms with van der Waals surface area (Å²) in [5.74, 6) is -1.32. The Balaban J connectivity index is 2.19. The van der Waals surface area contributed by atoms with Crippen LogP contribution in [0.15, 0.2) is 18.2 Å². The second-order valence-electron chi connectivity index (χ2n) is 5.39. The molecule has 0 aromatic heterocycles. The van der Waals surface area contributed by atoms with Crippen LogP contribution in [0.3, 0.4) is 0 Å². The Bertz CT molecular complexity index is 560. The lowest BCUT2D eigenvalue weighted by Gasteiger charge is -2.31. The van der Waals surface area contributed by atoms with E-state index in [0.717, 1.165) is 5.56 Å². The van der Waals surface area contributed by atoms with Gasteiger partial charge in [0, 0.05) is 19.1 Å². The quantitative estimate of drug-likeness (QED) is 0.928. The minimum atomic E-state index is -0.943. The van der Waals surface area contributed by atoms with Crippen molar-refractivity contribution in [2.24, 2.45) is 0 Å². The molecule has 0 aliphatic carbocycles. The summed E-state index contributed by atoms with van der Waals surface area (Å²) in [7, 11) is 0. The van der Waals surface area contributed by atoms with Crippen molar-refractivity contribution in [2.75, 3.05) is 18.0 Å². The number of hydrogen-bond acceptors (Lipinski definition) is 2. The predicted molar refractivity (Wildman–Crippen MR) is 76.9 cm³/mol. The fraction of sp³-hybridized carbons (Fsp3) is 0.467. The number of aliphatic carboxylic acids is 1. The van der Waals surface area contributed by atoms with E-state index in [2.05, 4.69) is 0 Å². The van der Waals surface area contributed by atoms with Crippen LogP contribution in [0.25, 0.3) is 0 Å². The molecule has 0 fully saturated rings. The average Bonchev–Trinajstić information content (AvgIpc) is 2.80. The number of carbonyl (C=O) groups is 2. The molecule has 1 aromatic rings. The maximum absolute atomic E-state index is 13.4. The Hall–Kier alpha value is -2.11. The first kappa shape index (κ1) is 15.3. The van der Waals surface area contributed by atoms with Gasteiger partial charge in [-0.25, -0.2) is 9.18 Å². The third kappa shape index (κ3) is 3.32. The number of anilines is 1. The van der Waals surface area contributed by atoms with E-state index in [1.807, 2.05) is 13.8 Å². The maximum Gasteiger partial charge on any atom is 0.324 e. The maximum atomic E-state index is 13.4. The van der Waals surface area contributed by atoms with Gasteiger partial charge in [-0.3, -0.25) is 9.69 Å². The van der Waals surface area contributed by atoms with Crippen molar-refractivity contribution in [3.05, 3.63) is 29.6 Å². The van der Waals surface area contributed by atoms with Crippen LogP contribution in [0.1, 0.15) is 25.8 Å². The molecule has 0 saturated carbocycles. The molecule has 0 bridgehead atoms. The molecule has 1 aliphatic heterocycles. The predicted octanol–water partition coefficient (Wildman–Crippen LogP) is 2.49. The average molecular weight is 294 g/mol. The number of urea groups is 1. The third-order valence-corrected chi connectivity index (χ3v) is 3.61. The molecule has 1 N–H and O–H groups in total. The summed E-state index contributed by atoms with van der Waals surface area (Å²) >= 11 is 0. The van der Waals surface area contributed by atoms with Crippen LogP contribution in [0, 0.1) is 5.82 Å². The molecule has 6 heteroatoms. The van der Waals surface area contributed by atoms with Gasteiger partial charge in [-0.05, 0) is 38.0 Å². The standard InChI is InChI=1S/C15H19FN2O3/c1-10(2)17(8-6-14(19)20)15(21)18-7-5-11-3-4-12(16)9-13(11)18/h3-4,9-10H,5-8H2,1-2H3,(H,19,20). The zero-order valence-corrected chi connectivity index (χ0v) is 12.2. The fourth-order valence-corrected chi connectivity index (χ4v) is 2.50. The monoisotopic (exact) mass is 294 g/mol. The molecule has 0 unspecified atom stereocenters. The van der Waals surface area contributed by atoms with Crippen LogP contribution in [0.2, 0.25) is 0 Å². The Labute approximate surface area is 123 Å². The number of rotatable bonds is 4. The number of carboxylic acid groups (broad SMARTS) is 1. The van der Waals surface area contributed by atoms with Crippen molar-refractivity contribution >= 4 is 17.7 Å². The summed E-state index contributed by atoms with van der Waals surface area (Å²) in [6, 6.07) is 4.05. The zero-order chi connectivity index (χ0) is 15.6. The topological polar surface area (TPSA) is 60.9 Å². The molecule has 21 heavy (non-hydrogen) atoms. The lowest BCUT2D eigenvalue weighted by atomic mass is 10.2. The normalized spacial score (nSPS) is 13.4. The number of amides is 2. The van der Waals surface area contributed by atoms with Crippen LogP contribution in [-0.4, -0.2) is 41.1 Å². The third-order valence-electron chi connectivity index (χ3n) is 3.61. The smallest absolute Gasteiger partial charge is 0.324 e. The highest BCUT2D eigenvalue weighted by atomic mass is 19.1. The number of fused-ring (bicyclic) bond motifs is 1. The van der Waals surface area contributed by atoms with E-state index in [1.54, 1.807) is 6.07 Å². The van der Waals surface area contributed by atoms with Crippen molar-refractivity contribution in [3.63, 3.8) is 0 Å². The SMILES string of the molecule is CC(C)N(CCC(=O)O)C(=O)N1CCc2ccc(F)cc21. The van der Waals surface area contributed by atoms with E-state index in [4.69, 9.17) is 5.11 Å². The van der Waals surface area contributed by atoms with Crippen molar-refractivity contribution < 1.29 is 19.1 Å². The molecule has 0 saturated heterocycles. The van der Waals surface area contributed by atoms with Gasteiger partial charge in [0.2, 0.25) is 0 Å². The number of carbonyl (C=O) groups excluding carboxylic acids is 1. The van der Waals surface area contributed by atoms with Gasteiger partial charge in [0.05, 0.1) is 12.1 Å². The van der Waals surface area contributed by atoms with E-state index >= 15 is 0 Å². The first-order chi connectivity index (χ1) is 9.90. The first-order valence-corrected chi connectivity index (χ1v) is 6.98. The lowest BCUT2D eigenvalue weighted by Crippen LogP contribution is -2.46. The second kappa shape index (κ2) is 6.11. The molecular weight excluding hydrogens is 275 g/mol. The summed E-state index contributed by atoms with van der Waals surface area (Å²) < 4.78 is 13.4. The molecule has 2 rings (SSSR count).